The maximum atomic E-state index is 12.3. The van der Waals surface area contributed by atoms with Gasteiger partial charge in [-0.2, -0.15) is 0 Å². The molecule has 1 heterocycles. The molecule has 2 aromatic carbocycles. The molecule has 0 aliphatic carbocycles. The molecule has 3 rings (SSSR count). The largest absolute Gasteiger partial charge is 0.361 e. The predicted molar refractivity (Wildman–Crippen MR) is 107 cm³/mol. The highest BCUT2D eigenvalue weighted by atomic mass is 16.2. The van der Waals surface area contributed by atoms with Crippen molar-refractivity contribution in [3.8, 4) is 0 Å². The number of amides is 2. The number of carbonyl (C=O) groups excluding carboxylic acids is 2. The third-order valence-corrected chi connectivity index (χ3v) is 4.68. The van der Waals surface area contributed by atoms with Crippen molar-refractivity contribution >= 4 is 22.7 Å². The molecule has 0 saturated heterocycles. The smallest absolute Gasteiger partial charge is 0.239 e. The Balaban J connectivity index is 1.55. The molecule has 5 heteroatoms. The van der Waals surface area contributed by atoms with Crippen LogP contribution >= 0.6 is 0 Å². The monoisotopic (exact) mass is 363 g/mol. The minimum atomic E-state index is -0.148. The van der Waals surface area contributed by atoms with Gasteiger partial charge >= 0.3 is 0 Å². The summed E-state index contributed by atoms with van der Waals surface area (Å²) in [6, 6.07) is 16.1. The lowest BCUT2D eigenvalue weighted by Gasteiger charge is -2.20. The van der Waals surface area contributed by atoms with Crippen molar-refractivity contribution in [2.24, 2.45) is 0 Å². The summed E-state index contributed by atoms with van der Waals surface area (Å²) in [7, 11) is 0. The molecule has 0 spiro atoms. The molecular formula is C22H25N3O2. The Morgan fingerprint density at radius 2 is 1.93 bits per heavy atom. The molecule has 27 heavy (non-hydrogen) atoms. The molecule has 0 bridgehead atoms. The lowest BCUT2D eigenvalue weighted by atomic mass is 10.1. The van der Waals surface area contributed by atoms with Crippen LogP contribution in [0.1, 0.15) is 23.6 Å². The highest BCUT2D eigenvalue weighted by Gasteiger charge is 2.14. The number of aryl methyl sites for hydroxylation is 1. The van der Waals surface area contributed by atoms with Crippen molar-refractivity contribution in [1.82, 2.24) is 15.2 Å². The first-order valence-corrected chi connectivity index (χ1v) is 9.15. The van der Waals surface area contributed by atoms with Gasteiger partial charge in [0.1, 0.15) is 0 Å². The summed E-state index contributed by atoms with van der Waals surface area (Å²) in [6.45, 7) is 4.57. The van der Waals surface area contributed by atoms with E-state index >= 15 is 0 Å². The van der Waals surface area contributed by atoms with Gasteiger partial charge in [0.2, 0.25) is 11.8 Å². The second kappa shape index (κ2) is 8.54. The van der Waals surface area contributed by atoms with Gasteiger partial charge < -0.3 is 15.2 Å². The fourth-order valence-corrected chi connectivity index (χ4v) is 3.19. The van der Waals surface area contributed by atoms with Crippen LogP contribution in [0.5, 0.6) is 0 Å². The van der Waals surface area contributed by atoms with Crippen LogP contribution in [0.15, 0.2) is 54.7 Å². The van der Waals surface area contributed by atoms with Gasteiger partial charge in [-0.1, -0.05) is 48.0 Å². The van der Waals surface area contributed by atoms with Crippen LogP contribution < -0.4 is 5.32 Å². The van der Waals surface area contributed by atoms with E-state index in [-0.39, 0.29) is 18.4 Å². The van der Waals surface area contributed by atoms with E-state index in [0.717, 1.165) is 27.6 Å². The van der Waals surface area contributed by atoms with E-state index in [1.165, 1.54) is 6.92 Å². The van der Waals surface area contributed by atoms with E-state index in [0.29, 0.717) is 19.5 Å². The summed E-state index contributed by atoms with van der Waals surface area (Å²) in [5.41, 5.74) is 4.44. The molecule has 0 aliphatic rings. The molecule has 0 unspecified atom stereocenters. The SMILES string of the molecule is CC(=O)N(CCc1c[nH]c2ccccc12)CC(=O)NCc1cccc(C)c1. The zero-order valence-electron chi connectivity index (χ0n) is 15.8. The Morgan fingerprint density at radius 3 is 2.70 bits per heavy atom. The molecule has 0 radical (unpaired) electrons. The van der Waals surface area contributed by atoms with Crippen LogP contribution in [0.4, 0.5) is 0 Å². The number of rotatable bonds is 7. The van der Waals surface area contributed by atoms with Gasteiger partial charge in [-0.3, -0.25) is 9.59 Å². The number of nitrogens with one attached hydrogen (secondary N) is 2. The minimum Gasteiger partial charge on any atom is -0.361 e. The van der Waals surface area contributed by atoms with Crippen molar-refractivity contribution in [3.63, 3.8) is 0 Å². The first kappa shape index (κ1) is 18.7. The van der Waals surface area contributed by atoms with E-state index in [9.17, 15) is 9.59 Å². The Kier molecular flexibility index (Phi) is 5.91. The van der Waals surface area contributed by atoms with Crippen LogP contribution in [0.2, 0.25) is 0 Å². The van der Waals surface area contributed by atoms with Crippen molar-refractivity contribution in [2.45, 2.75) is 26.8 Å². The molecule has 2 N–H and O–H groups in total. The van der Waals surface area contributed by atoms with Gasteiger partial charge in [0, 0.05) is 37.1 Å². The Bertz CT molecular complexity index is 945. The summed E-state index contributed by atoms with van der Waals surface area (Å²) < 4.78 is 0. The van der Waals surface area contributed by atoms with E-state index in [4.69, 9.17) is 0 Å². The summed E-state index contributed by atoms with van der Waals surface area (Å²) >= 11 is 0. The fraction of sp³-hybridized carbons (Fsp3) is 0.273. The van der Waals surface area contributed by atoms with Crippen molar-refractivity contribution in [2.75, 3.05) is 13.1 Å². The number of carbonyl (C=O) groups is 2. The summed E-state index contributed by atoms with van der Waals surface area (Å²) in [5.74, 6) is -0.244. The van der Waals surface area contributed by atoms with Crippen molar-refractivity contribution < 1.29 is 9.59 Å². The number of hydrogen-bond donors (Lipinski definition) is 2. The van der Waals surface area contributed by atoms with Gasteiger partial charge in [-0.05, 0) is 30.5 Å². The second-order valence-corrected chi connectivity index (χ2v) is 6.82. The highest BCUT2D eigenvalue weighted by Crippen LogP contribution is 2.18. The molecule has 0 saturated carbocycles. The van der Waals surface area contributed by atoms with Crippen molar-refractivity contribution in [3.05, 3.63) is 71.4 Å². The van der Waals surface area contributed by atoms with Crippen LogP contribution in [0.25, 0.3) is 10.9 Å². The number of aromatic nitrogens is 1. The van der Waals surface area contributed by atoms with Gasteiger partial charge in [0.15, 0.2) is 0 Å². The number of para-hydroxylation sites is 1. The van der Waals surface area contributed by atoms with E-state index in [1.807, 2.05) is 55.6 Å². The molecule has 0 fully saturated rings. The van der Waals surface area contributed by atoms with Gasteiger partial charge in [-0.25, -0.2) is 0 Å². The number of fused-ring (bicyclic) bond motifs is 1. The molecule has 0 aliphatic heterocycles. The zero-order chi connectivity index (χ0) is 19.2. The average molecular weight is 363 g/mol. The molecule has 3 aromatic rings. The molecule has 0 atom stereocenters. The maximum Gasteiger partial charge on any atom is 0.239 e. The first-order chi connectivity index (χ1) is 13.0. The number of benzene rings is 2. The number of hydrogen-bond acceptors (Lipinski definition) is 2. The summed E-state index contributed by atoms with van der Waals surface area (Å²) in [5, 5.41) is 4.05. The van der Waals surface area contributed by atoms with E-state index in [1.54, 1.807) is 4.90 Å². The molecule has 1 aromatic heterocycles. The van der Waals surface area contributed by atoms with E-state index in [2.05, 4.69) is 16.4 Å². The number of nitrogens with zero attached hydrogens (tertiary/aromatic N) is 1. The lowest BCUT2D eigenvalue weighted by molar-refractivity contribution is -0.134. The van der Waals surface area contributed by atoms with Crippen LogP contribution in [-0.2, 0) is 22.6 Å². The first-order valence-electron chi connectivity index (χ1n) is 9.15. The van der Waals surface area contributed by atoms with Gasteiger partial charge in [0.25, 0.3) is 0 Å². The third kappa shape index (κ3) is 4.97. The zero-order valence-corrected chi connectivity index (χ0v) is 15.8. The minimum absolute atomic E-state index is 0.0729. The van der Waals surface area contributed by atoms with Crippen LogP contribution in [0.3, 0.4) is 0 Å². The summed E-state index contributed by atoms with van der Waals surface area (Å²) in [6.07, 6.45) is 2.68. The standard InChI is InChI=1S/C22H25N3O2/c1-16-6-5-7-18(12-16)13-24-22(27)15-25(17(2)26)11-10-19-14-23-21-9-4-3-8-20(19)21/h3-9,12,14,23H,10-11,13,15H2,1-2H3,(H,24,27). The highest BCUT2D eigenvalue weighted by molar-refractivity contribution is 5.84. The van der Waals surface area contributed by atoms with Crippen LogP contribution in [0, 0.1) is 6.92 Å². The quantitative estimate of drug-likeness (QED) is 0.677. The fourth-order valence-electron chi connectivity index (χ4n) is 3.19. The van der Waals surface area contributed by atoms with E-state index < -0.39 is 0 Å². The van der Waals surface area contributed by atoms with Crippen molar-refractivity contribution in [1.29, 1.82) is 0 Å². The summed E-state index contributed by atoms with van der Waals surface area (Å²) in [4.78, 5) is 29.1. The molecular weight excluding hydrogens is 338 g/mol. The van der Waals surface area contributed by atoms with Crippen LogP contribution in [-0.4, -0.2) is 34.8 Å². The maximum absolute atomic E-state index is 12.3. The average Bonchev–Trinajstić information content (AvgIpc) is 3.06. The predicted octanol–water partition coefficient (Wildman–Crippen LogP) is 3.18. The van der Waals surface area contributed by atoms with Gasteiger partial charge in [-0.15, -0.1) is 0 Å². The topological polar surface area (TPSA) is 65.2 Å². The number of H-pyrrole nitrogens is 1. The lowest BCUT2D eigenvalue weighted by Crippen LogP contribution is -2.40. The number of aromatic amines is 1. The molecule has 140 valence electrons. The third-order valence-electron chi connectivity index (χ3n) is 4.68. The normalized spacial score (nSPS) is 10.7. The molecule has 2 amide bonds. The van der Waals surface area contributed by atoms with Gasteiger partial charge in [0.05, 0.1) is 6.54 Å². The molecule has 5 nitrogen and oxygen atoms in total. The Labute approximate surface area is 159 Å². The Morgan fingerprint density at radius 1 is 1.11 bits per heavy atom. The second-order valence-electron chi connectivity index (χ2n) is 6.82. The Hall–Kier alpha value is -3.08.